The second kappa shape index (κ2) is 4.61. The molecule has 0 bridgehead atoms. The summed E-state index contributed by atoms with van der Waals surface area (Å²) in [6.45, 7) is 4.22. The zero-order valence-corrected chi connectivity index (χ0v) is 9.19. The van der Waals surface area contributed by atoms with Crippen LogP contribution in [-0.4, -0.2) is 13.0 Å². The Morgan fingerprint density at radius 3 is 2.27 bits per heavy atom. The van der Waals surface area contributed by atoms with Crippen LogP contribution in [0.3, 0.4) is 0 Å². The Morgan fingerprint density at radius 2 is 1.87 bits per heavy atom. The standard InChI is InChI=1S/C12H14N2O/c1-9(2)10-4-6-11(7-5-10)14(3)12(15)8-13/h4-7,9H,1-3H3. The Hall–Kier alpha value is -1.82. The van der Waals surface area contributed by atoms with Crippen molar-refractivity contribution in [1.29, 1.82) is 5.26 Å². The van der Waals surface area contributed by atoms with E-state index < -0.39 is 5.91 Å². The fourth-order valence-corrected chi connectivity index (χ4v) is 1.28. The van der Waals surface area contributed by atoms with Gasteiger partial charge in [-0.05, 0) is 23.6 Å². The molecule has 3 heteroatoms. The Labute approximate surface area is 89.9 Å². The van der Waals surface area contributed by atoms with Crippen molar-refractivity contribution in [1.82, 2.24) is 0 Å². The molecular weight excluding hydrogens is 188 g/mol. The van der Waals surface area contributed by atoms with Crippen LogP contribution in [-0.2, 0) is 4.79 Å². The van der Waals surface area contributed by atoms with E-state index in [1.165, 1.54) is 10.5 Å². The Bertz CT molecular complexity index is 387. The summed E-state index contributed by atoms with van der Waals surface area (Å²) >= 11 is 0. The topological polar surface area (TPSA) is 44.1 Å². The van der Waals surface area contributed by atoms with Gasteiger partial charge >= 0.3 is 5.91 Å². The average molecular weight is 202 g/mol. The summed E-state index contributed by atoms with van der Waals surface area (Å²) in [7, 11) is 1.59. The molecule has 0 radical (unpaired) electrons. The Kier molecular flexibility index (Phi) is 3.46. The highest BCUT2D eigenvalue weighted by molar-refractivity contribution is 6.03. The van der Waals surface area contributed by atoms with Crippen molar-refractivity contribution in [3.63, 3.8) is 0 Å². The van der Waals surface area contributed by atoms with Crippen LogP contribution in [0, 0.1) is 11.3 Å². The van der Waals surface area contributed by atoms with Crippen LogP contribution < -0.4 is 4.90 Å². The third-order valence-electron chi connectivity index (χ3n) is 2.35. The highest BCUT2D eigenvalue weighted by Crippen LogP contribution is 2.19. The highest BCUT2D eigenvalue weighted by Gasteiger charge is 2.09. The van der Waals surface area contributed by atoms with Crippen LogP contribution in [0.2, 0.25) is 0 Å². The lowest BCUT2D eigenvalue weighted by Crippen LogP contribution is -2.24. The van der Waals surface area contributed by atoms with Gasteiger partial charge in [-0.25, -0.2) is 0 Å². The van der Waals surface area contributed by atoms with Gasteiger partial charge in [-0.15, -0.1) is 0 Å². The molecule has 1 rings (SSSR count). The maximum atomic E-state index is 11.1. The lowest BCUT2D eigenvalue weighted by molar-refractivity contribution is -0.113. The molecule has 0 N–H and O–H groups in total. The number of carbonyl (C=O) groups is 1. The van der Waals surface area contributed by atoms with E-state index in [9.17, 15) is 4.79 Å². The first-order valence-electron chi connectivity index (χ1n) is 4.84. The maximum Gasteiger partial charge on any atom is 0.329 e. The largest absolute Gasteiger partial charge is 0.329 e. The van der Waals surface area contributed by atoms with Gasteiger partial charge in [-0.2, -0.15) is 5.26 Å². The van der Waals surface area contributed by atoms with Crippen LogP contribution in [0.15, 0.2) is 24.3 Å². The molecule has 0 heterocycles. The first-order valence-corrected chi connectivity index (χ1v) is 4.84. The summed E-state index contributed by atoms with van der Waals surface area (Å²) in [6.07, 6.45) is 0. The number of nitrogens with zero attached hydrogens (tertiary/aromatic N) is 2. The maximum absolute atomic E-state index is 11.1. The fourth-order valence-electron chi connectivity index (χ4n) is 1.28. The molecule has 3 nitrogen and oxygen atoms in total. The second-order valence-corrected chi connectivity index (χ2v) is 3.72. The van der Waals surface area contributed by atoms with E-state index in [1.54, 1.807) is 13.1 Å². The van der Waals surface area contributed by atoms with Crippen LogP contribution in [0.5, 0.6) is 0 Å². The summed E-state index contributed by atoms with van der Waals surface area (Å²) < 4.78 is 0. The normalized spacial score (nSPS) is 9.80. The summed E-state index contributed by atoms with van der Waals surface area (Å²) in [6, 6.07) is 9.24. The number of rotatable bonds is 2. The van der Waals surface area contributed by atoms with Crippen LogP contribution in [0.1, 0.15) is 25.3 Å². The average Bonchev–Trinajstić information content (AvgIpc) is 2.27. The molecule has 15 heavy (non-hydrogen) atoms. The number of carbonyl (C=O) groups excluding carboxylic acids is 1. The van der Waals surface area contributed by atoms with E-state index in [0.29, 0.717) is 5.92 Å². The van der Waals surface area contributed by atoms with E-state index in [2.05, 4.69) is 13.8 Å². The number of hydrogen-bond acceptors (Lipinski definition) is 2. The zero-order valence-electron chi connectivity index (χ0n) is 9.19. The van der Waals surface area contributed by atoms with Gasteiger partial charge in [0.05, 0.1) is 0 Å². The van der Waals surface area contributed by atoms with Gasteiger partial charge in [0.1, 0.15) is 0 Å². The van der Waals surface area contributed by atoms with Crippen molar-refractivity contribution in [2.45, 2.75) is 19.8 Å². The minimum absolute atomic E-state index is 0.469. The van der Waals surface area contributed by atoms with Gasteiger partial charge < -0.3 is 4.90 Å². The minimum atomic E-state index is -0.549. The predicted octanol–water partition coefficient (Wildman–Crippen LogP) is 2.30. The lowest BCUT2D eigenvalue weighted by Gasteiger charge is -2.14. The van der Waals surface area contributed by atoms with E-state index in [0.717, 1.165) is 5.69 Å². The molecule has 0 aliphatic carbocycles. The third-order valence-corrected chi connectivity index (χ3v) is 2.35. The quantitative estimate of drug-likeness (QED) is 0.691. The molecule has 78 valence electrons. The SMILES string of the molecule is CC(C)c1ccc(N(C)C(=O)C#N)cc1. The molecule has 1 amide bonds. The van der Waals surface area contributed by atoms with Gasteiger partial charge in [-0.1, -0.05) is 26.0 Å². The second-order valence-electron chi connectivity index (χ2n) is 3.72. The molecule has 1 aromatic carbocycles. The lowest BCUT2D eigenvalue weighted by atomic mass is 10.0. The first-order chi connectivity index (χ1) is 7.06. The highest BCUT2D eigenvalue weighted by atomic mass is 16.2. The molecule has 0 atom stereocenters. The third kappa shape index (κ3) is 2.57. The van der Waals surface area contributed by atoms with Crippen LogP contribution in [0.4, 0.5) is 5.69 Å². The summed E-state index contributed by atoms with van der Waals surface area (Å²) in [5.41, 5.74) is 1.96. The van der Waals surface area contributed by atoms with Crippen LogP contribution >= 0.6 is 0 Å². The van der Waals surface area contributed by atoms with Crippen molar-refractivity contribution in [3.8, 4) is 6.07 Å². The van der Waals surface area contributed by atoms with Crippen molar-refractivity contribution in [3.05, 3.63) is 29.8 Å². The Balaban J connectivity index is 2.90. The first kappa shape index (κ1) is 11.3. The molecule has 1 aromatic rings. The van der Waals surface area contributed by atoms with Crippen molar-refractivity contribution in [2.24, 2.45) is 0 Å². The zero-order chi connectivity index (χ0) is 11.4. The number of hydrogen-bond donors (Lipinski definition) is 0. The number of nitriles is 1. The molecule has 0 aliphatic rings. The van der Waals surface area contributed by atoms with E-state index in [1.807, 2.05) is 24.3 Å². The Morgan fingerprint density at radius 1 is 1.33 bits per heavy atom. The van der Waals surface area contributed by atoms with E-state index in [-0.39, 0.29) is 0 Å². The minimum Gasteiger partial charge on any atom is -0.303 e. The predicted molar refractivity (Wildman–Crippen MR) is 59.6 cm³/mol. The van der Waals surface area contributed by atoms with Gasteiger partial charge in [0.15, 0.2) is 6.07 Å². The van der Waals surface area contributed by atoms with Gasteiger partial charge in [0.2, 0.25) is 0 Å². The number of anilines is 1. The molecule has 0 aliphatic heterocycles. The number of benzene rings is 1. The monoisotopic (exact) mass is 202 g/mol. The summed E-state index contributed by atoms with van der Waals surface area (Å²) in [4.78, 5) is 12.4. The molecule has 0 fully saturated rings. The van der Waals surface area contributed by atoms with Crippen molar-refractivity contribution < 1.29 is 4.79 Å². The summed E-state index contributed by atoms with van der Waals surface area (Å²) in [5.74, 6) is -0.0803. The van der Waals surface area contributed by atoms with Gasteiger partial charge in [0, 0.05) is 12.7 Å². The van der Waals surface area contributed by atoms with Crippen molar-refractivity contribution in [2.75, 3.05) is 11.9 Å². The smallest absolute Gasteiger partial charge is 0.303 e. The fraction of sp³-hybridized carbons (Fsp3) is 0.333. The molecule has 0 aromatic heterocycles. The molecular formula is C12H14N2O. The molecule has 0 saturated carbocycles. The summed E-state index contributed by atoms with van der Waals surface area (Å²) in [5, 5.41) is 8.47. The molecule has 0 saturated heterocycles. The van der Waals surface area contributed by atoms with E-state index in [4.69, 9.17) is 5.26 Å². The van der Waals surface area contributed by atoms with Crippen LogP contribution in [0.25, 0.3) is 0 Å². The van der Waals surface area contributed by atoms with Gasteiger partial charge in [-0.3, -0.25) is 4.79 Å². The van der Waals surface area contributed by atoms with E-state index >= 15 is 0 Å². The molecule has 0 spiro atoms. The van der Waals surface area contributed by atoms with Crippen molar-refractivity contribution >= 4 is 11.6 Å². The molecule has 0 unspecified atom stereocenters. The number of amides is 1. The van der Waals surface area contributed by atoms with Gasteiger partial charge in [0.25, 0.3) is 0 Å².